The van der Waals surface area contributed by atoms with Gasteiger partial charge in [-0.25, -0.2) is 0 Å². The number of hydrogen-bond acceptors (Lipinski definition) is 4. The van der Waals surface area contributed by atoms with Crippen molar-refractivity contribution in [3.05, 3.63) is 0 Å². The van der Waals surface area contributed by atoms with Crippen LogP contribution in [0, 0.1) is 5.92 Å². The summed E-state index contributed by atoms with van der Waals surface area (Å²) >= 11 is 0. The van der Waals surface area contributed by atoms with Crippen molar-refractivity contribution in [2.24, 2.45) is 11.7 Å². The maximum atomic E-state index is 9.64. The molecule has 0 aliphatic carbocycles. The Labute approximate surface area is 79.5 Å². The second kappa shape index (κ2) is 5.54. The largest absolute Gasteiger partial charge is 0.390 e. The number of nitrogens with two attached hydrogens (primary N) is 1. The van der Waals surface area contributed by atoms with E-state index in [4.69, 9.17) is 10.5 Å². The number of aliphatic hydroxyl groups excluding tert-OH is 1. The van der Waals surface area contributed by atoms with Gasteiger partial charge in [-0.1, -0.05) is 0 Å². The molecule has 1 aliphatic heterocycles. The molecule has 2 atom stereocenters. The third-order valence-electron chi connectivity index (χ3n) is 2.76. The first kappa shape index (κ1) is 10.9. The van der Waals surface area contributed by atoms with Crippen LogP contribution in [0.15, 0.2) is 0 Å². The van der Waals surface area contributed by atoms with Gasteiger partial charge in [0.05, 0.1) is 6.10 Å². The van der Waals surface area contributed by atoms with E-state index in [0.29, 0.717) is 12.5 Å². The predicted molar refractivity (Wildman–Crippen MR) is 51.5 cm³/mol. The van der Waals surface area contributed by atoms with Crippen LogP contribution in [0.5, 0.6) is 0 Å². The molecule has 0 amide bonds. The first-order chi connectivity index (χ1) is 6.29. The zero-order valence-electron chi connectivity index (χ0n) is 8.20. The third-order valence-corrected chi connectivity index (χ3v) is 2.76. The Kier molecular flexibility index (Phi) is 4.66. The molecule has 4 nitrogen and oxygen atoms in total. The SMILES string of the molecule is CNC(C(O)CN)C1CCOCC1. The summed E-state index contributed by atoms with van der Waals surface area (Å²) in [7, 11) is 1.87. The maximum absolute atomic E-state index is 9.64. The van der Waals surface area contributed by atoms with E-state index in [0.717, 1.165) is 26.1 Å². The van der Waals surface area contributed by atoms with Gasteiger partial charge in [0.1, 0.15) is 0 Å². The van der Waals surface area contributed by atoms with Gasteiger partial charge < -0.3 is 20.9 Å². The van der Waals surface area contributed by atoms with E-state index in [-0.39, 0.29) is 6.04 Å². The number of aliphatic hydroxyl groups is 1. The Morgan fingerprint density at radius 1 is 1.54 bits per heavy atom. The summed E-state index contributed by atoms with van der Waals surface area (Å²) in [4.78, 5) is 0. The van der Waals surface area contributed by atoms with E-state index < -0.39 is 6.10 Å². The fourth-order valence-corrected chi connectivity index (χ4v) is 1.96. The maximum Gasteiger partial charge on any atom is 0.0817 e. The lowest BCUT2D eigenvalue weighted by molar-refractivity contribution is 0.0256. The minimum Gasteiger partial charge on any atom is -0.390 e. The molecule has 1 aliphatic rings. The summed E-state index contributed by atoms with van der Waals surface area (Å²) < 4.78 is 5.27. The molecule has 78 valence electrons. The van der Waals surface area contributed by atoms with Gasteiger partial charge in [-0.05, 0) is 25.8 Å². The number of nitrogens with one attached hydrogen (secondary N) is 1. The zero-order valence-corrected chi connectivity index (χ0v) is 8.20. The van der Waals surface area contributed by atoms with Gasteiger partial charge in [-0.2, -0.15) is 0 Å². The Morgan fingerprint density at radius 3 is 2.62 bits per heavy atom. The highest BCUT2D eigenvalue weighted by Gasteiger charge is 2.27. The van der Waals surface area contributed by atoms with Crippen molar-refractivity contribution < 1.29 is 9.84 Å². The Bertz CT molecular complexity index is 138. The van der Waals surface area contributed by atoms with Crippen LogP contribution in [-0.2, 0) is 4.74 Å². The molecule has 0 aromatic rings. The molecule has 0 saturated carbocycles. The van der Waals surface area contributed by atoms with Crippen LogP contribution >= 0.6 is 0 Å². The second-order valence-corrected chi connectivity index (χ2v) is 3.57. The number of likely N-dealkylation sites (N-methyl/N-ethyl adjacent to an activating group) is 1. The van der Waals surface area contributed by atoms with Gasteiger partial charge in [-0.3, -0.25) is 0 Å². The average Bonchev–Trinajstić information content (AvgIpc) is 2.20. The highest BCUT2D eigenvalue weighted by Crippen LogP contribution is 2.20. The van der Waals surface area contributed by atoms with E-state index in [9.17, 15) is 5.11 Å². The number of hydrogen-bond donors (Lipinski definition) is 3. The molecule has 1 fully saturated rings. The molecular weight excluding hydrogens is 168 g/mol. The molecule has 0 bridgehead atoms. The van der Waals surface area contributed by atoms with Crippen LogP contribution in [0.2, 0.25) is 0 Å². The average molecular weight is 188 g/mol. The van der Waals surface area contributed by atoms with Crippen LogP contribution < -0.4 is 11.1 Å². The number of rotatable bonds is 4. The predicted octanol–water partition coefficient (Wildman–Crippen LogP) is -0.679. The standard InChI is InChI=1S/C9H20N2O2/c1-11-9(8(12)6-10)7-2-4-13-5-3-7/h7-9,11-12H,2-6,10H2,1H3. The first-order valence-corrected chi connectivity index (χ1v) is 4.92. The smallest absolute Gasteiger partial charge is 0.0817 e. The van der Waals surface area contributed by atoms with Gasteiger partial charge >= 0.3 is 0 Å². The minimum absolute atomic E-state index is 0.119. The van der Waals surface area contributed by atoms with Crippen LogP contribution in [0.3, 0.4) is 0 Å². The summed E-state index contributed by atoms with van der Waals surface area (Å²) in [5.74, 6) is 0.498. The molecule has 0 aromatic heterocycles. The highest BCUT2D eigenvalue weighted by molar-refractivity contribution is 4.83. The van der Waals surface area contributed by atoms with E-state index in [1.165, 1.54) is 0 Å². The van der Waals surface area contributed by atoms with Gasteiger partial charge in [-0.15, -0.1) is 0 Å². The first-order valence-electron chi connectivity index (χ1n) is 4.92. The Balaban J connectivity index is 2.43. The monoisotopic (exact) mass is 188 g/mol. The normalized spacial score (nSPS) is 24.2. The van der Waals surface area contributed by atoms with Crippen LogP contribution in [0.25, 0.3) is 0 Å². The summed E-state index contributed by atoms with van der Waals surface area (Å²) in [5, 5.41) is 12.8. The summed E-state index contributed by atoms with van der Waals surface area (Å²) in [5.41, 5.74) is 5.43. The second-order valence-electron chi connectivity index (χ2n) is 3.57. The van der Waals surface area contributed by atoms with Crippen molar-refractivity contribution in [3.63, 3.8) is 0 Å². The van der Waals surface area contributed by atoms with Crippen LogP contribution in [0.4, 0.5) is 0 Å². The molecular formula is C9H20N2O2. The zero-order chi connectivity index (χ0) is 9.68. The van der Waals surface area contributed by atoms with Gasteiger partial charge in [0, 0.05) is 25.8 Å². The summed E-state index contributed by atoms with van der Waals surface area (Å²) in [6.07, 6.45) is 1.60. The van der Waals surface area contributed by atoms with E-state index >= 15 is 0 Å². The van der Waals surface area contributed by atoms with Crippen molar-refractivity contribution in [1.82, 2.24) is 5.32 Å². The fourth-order valence-electron chi connectivity index (χ4n) is 1.96. The summed E-state index contributed by atoms with van der Waals surface area (Å²) in [6, 6.07) is 0.119. The summed E-state index contributed by atoms with van der Waals surface area (Å²) in [6.45, 7) is 1.93. The molecule has 2 unspecified atom stereocenters. The van der Waals surface area contributed by atoms with E-state index in [1.807, 2.05) is 7.05 Å². The fraction of sp³-hybridized carbons (Fsp3) is 1.00. The molecule has 13 heavy (non-hydrogen) atoms. The van der Waals surface area contributed by atoms with E-state index in [1.54, 1.807) is 0 Å². The topological polar surface area (TPSA) is 67.5 Å². The molecule has 4 N–H and O–H groups in total. The Morgan fingerprint density at radius 2 is 2.15 bits per heavy atom. The van der Waals surface area contributed by atoms with Gasteiger partial charge in [0.2, 0.25) is 0 Å². The molecule has 1 heterocycles. The molecule has 0 aromatic carbocycles. The molecule has 1 rings (SSSR count). The van der Waals surface area contributed by atoms with Crippen LogP contribution in [-0.4, -0.2) is 44.1 Å². The van der Waals surface area contributed by atoms with Crippen molar-refractivity contribution in [1.29, 1.82) is 0 Å². The van der Waals surface area contributed by atoms with Gasteiger partial charge in [0.15, 0.2) is 0 Å². The molecule has 0 spiro atoms. The van der Waals surface area contributed by atoms with Crippen molar-refractivity contribution >= 4 is 0 Å². The quantitative estimate of drug-likeness (QED) is 0.547. The lowest BCUT2D eigenvalue weighted by Crippen LogP contribution is -2.48. The third kappa shape index (κ3) is 2.91. The van der Waals surface area contributed by atoms with Crippen molar-refractivity contribution in [2.75, 3.05) is 26.8 Å². The number of ether oxygens (including phenoxy) is 1. The molecule has 0 radical (unpaired) electrons. The molecule has 4 heteroatoms. The minimum atomic E-state index is -0.437. The lowest BCUT2D eigenvalue weighted by atomic mass is 9.88. The lowest BCUT2D eigenvalue weighted by Gasteiger charge is -2.32. The van der Waals surface area contributed by atoms with Crippen molar-refractivity contribution in [3.8, 4) is 0 Å². The highest BCUT2D eigenvalue weighted by atomic mass is 16.5. The van der Waals surface area contributed by atoms with Crippen molar-refractivity contribution in [2.45, 2.75) is 25.0 Å². The van der Waals surface area contributed by atoms with Gasteiger partial charge in [0.25, 0.3) is 0 Å². The van der Waals surface area contributed by atoms with E-state index in [2.05, 4.69) is 5.32 Å². The van der Waals surface area contributed by atoms with Crippen LogP contribution in [0.1, 0.15) is 12.8 Å². The Hall–Kier alpha value is -0.160. The molecule has 1 saturated heterocycles.